The molecule has 0 aliphatic heterocycles. The van der Waals surface area contributed by atoms with Crippen LogP contribution < -0.4 is 10.0 Å². The second kappa shape index (κ2) is 9.97. The number of thiazole rings is 1. The smallest absolute Gasteiger partial charge is 0.261 e. The lowest BCUT2D eigenvalue weighted by atomic mass is 10.2. The highest BCUT2D eigenvalue weighted by molar-refractivity contribution is 7.92. The van der Waals surface area contributed by atoms with Gasteiger partial charge in [-0.05, 0) is 43.3 Å². The van der Waals surface area contributed by atoms with E-state index in [0.29, 0.717) is 24.2 Å². The number of hydrogen-bond acceptors (Lipinski definition) is 5. The van der Waals surface area contributed by atoms with E-state index in [0.717, 1.165) is 16.3 Å². The standard InChI is InChI=1S/C25H23N3O3S2/c1-18-7-9-20(10-8-18)25-27-22(17-32-25)15-16-26-24(29)19-11-13-23(14-12-19)33(30,31)28-21-5-3-2-4-6-21/h2-14,17,28H,15-16H2,1H3,(H,26,29). The van der Waals surface area contributed by atoms with Crippen LogP contribution in [0.4, 0.5) is 5.69 Å². The molecule has 8 heteroatoms. The molecular weight excluding hydrogens is 454 g/mol. The number of aryl methyl sites for hydroxylation is 1. The van der Waals surface area contributed by atoms with E-state index in [2.05, 4.69) is 39.3 Å². The van der Waals surface area contributed by atoms with E-state index in [1.165, 1.54) is 29.8 Å². The fourth-order valence-electron chi connectivity index (χ4n) is 3.16. The zero-order chi connectivity index (χ0) is 23.3. The Balaban J connectivity index is 1.31. The summed E-state index contributed by atoms with van der Waals surface area (Å²) in [5.41, 5.74) is 4.08. The van der Waals surface area contributed by atoms with E-state index < -0.39 is 10.0 Å². The number of rotatable bonds is 8. The first-order valence-electron chi connectivity index (χ1n) is 10.4. The number of nitrogens with zero attached hydrogens (tertiary/aromatic N) is 1. The summed E-state index contributed by atoms with van der Waals surface area (Å²) < 4.78 is 27.5. The third kappa shape index (κ3) is 5.85. The van der Waals surface area contributed by atoms with Crippen LogP contribution in [0.2, 0.25) is 0 Å². The fraction of sp³-hybridized carbons (Fsp3) is 0.120. The molecule has 2 N–H and O–H groups in total. The van der Waals surface area contributed by atoms with Crippen molar-refractivity contribution in [1.82, 2.24) is 10.3 Å². The topological polar surface area (TPSA) is 88.2 Å². The first kappa shape index (κ1) is 22.7. The molecular formula is C25H23N3O3S2. The Morgan fingerprint density at radius 2 is 1.64 bits per heavy atom. The number of sulfonamides is 1. The Bertz CT molecular complexity index is 1330. The number of anilines is 1. The number of aromatic nitrogens is 1. The highest BCUT2D eigenvalue weighted by Crippen LogP contribution is 2.24. The summed E-state index contributed by atoms with van der Waals surface area (Å²) in [6.07, 6.45) is 0.613. The second-order valence-corrected chi connectivity index (χ2v) is 10.1. The predicted molar refractivity (Wildman–Crippen MR) is 132 cm³/mol. The average Bonchev–Trinajstić information content (AvgIpc) is 3.29. The molecule has 0 unspecified atom stereocenters. The van der Waals surface area contributed by atoms with Gasteiger partial charge in [0.05, 0.1) is 10.6 Å². The first-order valence-corrected chi connectivity index (χ1v) is 12.7. The molecule has 0 spiro atoms. The monoisotopic (exact) mass is 477 g/mol. The zero-order valence-electron chi connectivity index (χ0n) is 18.0. The lowest BCUT2D eigenvalue weighted by Gasteiger charge is -2.09. The molecule has 4 rings (SSSR count). The molecule has 0 radical (unpaired) electrons. The van der Waals surface area contributed by atoms with Crippen LogP contribution in [0, 0.1) is 6.92 Å². The summed E-state index contributed by atoms with van der Waals surface area (Å²) in [4.78, 5) is 17.2. The average molecular weight is 478 g/mol. The van der Waals surface area contributed by atoms with Crippen LogP contribution in [0.25, 0.3) is 10.6 Å². The third-order valence-electron chi connectivity index (χ3n) is 4.97. The van der Waals surface area contributed by atoms with E-state index in [4.69, 9.17) is 0 Å². The maximum atomic E-state index is 12.5. The lowest BCUT2D eigenvalue weighted by Crippen LogP contribution is -2.25. The molecule has 1 aromatic heterocycles. The molecule has 168 valence electrons. The Hall–Kier alpha value is -3.49. The van der Waals surface area contributed by atoms with E-state index in [1.807, 2.05) is 18.4 Å². The van der Waals surface area contributed by atoms with Crippen molar-refractivity contribution >= 4 is 33.0 Å². The van der Waals surface area contributed by atoms with Crippen molar-refractivity contribution in [2.24, 2.45) is 0 Å². The normalized spacial score (nSPS) is 11.2. The first-order chi connectivity index (χ1) is 15.9. The molecule has 6 nitrogen and oxygen atoms in total. The van der Waals surface area contributed by atoms with Crippen molar-refractivity contribution in [3.63, 3.8) is 0 Å². The summed E-state index contributed by atoms with van der Waals surface area (Å²) in [6, 6.07) is 22.7. The van der Waals surface area contributed by atoms with Crippen molar-refractivity contribution < 1.29 is 13.2 Å². The van der Waals surface area contributed by atoms with Crippen molar-refractivity contribution in [1.29, 1.82) is 0 Å². The summed E-state index contributed by atoms with van der Waals surface area (Å²) in [7, 11) is -3.72. The lowest BCUT2D eigenvalue weighted by molar-refractivity contribution is 0.0954. The largest absolute Gasteiger partial charge is 0.352 e. The van der Waals surface area contributed by atoms with Crippen LogP contribution in [0.5, 0.6) is 0 Å². The molecule has 0 aliphatic carbocycles. The Morgan fingerprint density at radius 3 is 2.33 bits per heavy atom. The minimum absolute atomic E-state index is 0.0917. The SMILES string of the molecule is Cc1ccc(-c2nc(CCNC(=O)c3ccc(S(=O)(=O)Nc4ccccc4)cc3)cs2)cc1. The number of nitrogens with one attached hydrogen (secondary N) is 2. The molecule has 0 aliphatic rings. The summed E-state index contributed by atoms with van der Waals surface area (Å²) >= 11 is 1.58. The highest BCUT2D eigenvalue weighted by atomic mass is 32.2. The number of para-hydroxylation sites is 1. The highest BCUT2D eigenvalue weighted by Gasteiger charge is 2.15. The molecule has 0 fully saturated rings. The molecule has 4 aromatic rings. The van der Waals surface area contributed by atoms with E-state index in [1.54, 1.807) is 35.6 Å². The number of amides is 1. The quantitative estimate of drug-likeness (QED) is 0.378. The minimum atomic E-state index is -3.72. The molecule has 0 bridgehead atoms. The van der Waals surface area contributed by atoms with Crippen molar-refractivity contribution in [3.05, 3.63) is 101 Å². The molecule has 1 amide bonds. The van der Waals surface area contributed by atoms with Crippen LogP contribution in [0.1, 0.15) is 21.6 Å². The van der Waals surface area contributed by atoms with Gasteiger partial charge in [0, 0.05) is 35.2 Å². The molecule has 3 aromatic carbocycles. The summed E-state index contributed by atoms with van der Waals surface area (Å²) in [5.74, 6) is -0.260. The zero-order valence-corrected chi connectivity index (χ0v) is 19.6. The summed E-state index contributed by atoms with van der Waals surface area (Å²) in [6.45, 7) is 2.49. The van der Waals surface area contributed by atoms with E-state index in [-0.39, 0.29) is 10.8 Å². The van der Waals surface area contributed by atoms with Crippen LogP contribution in [-0.4, -0.2) is 25.9 Å². The Morgan fingerprint density at radius 1 is 0.939 bits per heavy atom. The summed E-state index contributed by atoms with van der Waals surface area (Å²) in [5, 5.41) is 5.82. The minimum Gasteiger partial charge on any atom is -0.352 e. The van der Waals surface area contributed by atoms with Crippen molar-refractivity contribution in [2.45, 2.75) is 18.2 Å². The maximum Gasteiger partial charge on any atom is 0.261 e. The van der Waals surface area contributed by atoms with Gasteiger partial charge in [-0.2, -0.15) is 0 Å². The second-order valence-electron chi connectivity index (χ2n) is 7.51. The number of benzene rings is 3. The van der Waals surface area contributed by atoms with Gasteiger partial charge < -0.3 is 5.32 Å². The predicted octanol–water partition coefficient (Wildman–Crippen LogP) is 4.89. The number of carbonyl (C=O) groups excluding carboxylic acids is 1. The van der Waals surface area contributed by atoms with Crippen LogP contribution >= 0.6 is 11.3 Å². The van der Waals surface area contributed by atoms with Gasteiger partial charge in [0.15, 0.2) is 0 Å². The number of hydrogen-bond donors (Lipinski definition) is 2. The Labute approximate surface area is 197 Å². The molecule has 1 heterocycles. The molecule has 0 saturated carbocycles. The molecule has 0 atom stereocenters. The van der Waals surface area contributed by atoms with Crippen molar-refractivity contribution in [3.8, 4) is 10.6 Å². The van der Waals surface area contributed by atoms with Gasteiger partial charge in [0.1, 0.15) is 5.01 Å². The van der Waals surface area contributed by atoms with E-state index in [9.17, 15) is 13.2 Å². The molecule has 0 saturated heterocycles. The van der Waals surface area contributed by atoms with Crippen LogP contribution in [0.15, 0.2) is 89.1 Å². The van der Waals surface area contributed by atoms with Gasteiger partial charge in [-0.15, -0.1) is 11.3 Å². The van der Waals surface area contributed by atoms with E-state index >= 15 is 0 Å². The third-order valence-corrected chi connectivity index (χ3v) is 7.31. The number of carbonyl (C=O) groups is 1. The van der Waals surface area contributed by atoms with Gasteiger partial charge in [-0.25, -0.2) is 13.4 Å². The van der Waals surface area contributed by atoms with Gasteiger partial charge >= 0.3 is 0 Å². The van der Waals surface area contributed by atoms with Gasteiger partial charge in [0.25, 0.3) is 15.9 Å². The Kier molecular flexibility index (Phi) is 6.86. The van der Waals surface area contributed by atoms with Crippen molar-refractivity contribution in [2.75, 3.05) is 11.3 Å². The van der Waals surface area contributed by atoms with Crippen LogP contribution in [0.3, 0.4) is 0 Å². The maximum absolute atomic E-state index is 12.5. The van der Waals surface area contributed by atoms with Gasteiger partial charge in [0.2, 0.25) is 0 Å². The van der Waals surface area contributed by atoms with Crippen LogP contribution in [-0.2, 0) is 16.4 Å². The van der Waals surface area contributed by atoms with Gasteiger partial charge in [-0.1, -0.05) is 48.0 Å². The molecule has 33 heavy (non-hydrogen) atoms. The fourth-order valence-corrected chi connectivity index (χ4v) is 5.08. The van der Waals surface area contributed by atoms with Gasteiger partial charge in [-0.3, -0.25) is 9.52 Å².